The zero-order valence-electron chi connectivity index (χ0n) is 15.0. The lowest BCUT2D eigenvalue weighted by molar-refractivity contribution is 0.242. The Morgan fingerprint density at radius 1 is 1.04 bits per heavy atom. The number of pyridine rings is 1. The van der Waals surface area contributed by atoms with Gasteiger partial charge in [-0.1, -0.05) is 11.6 Å². The summed E-state index contributed by atoms with van der Waals surface area (Å²) < 4.78 is 5.65. The molecule has 6 heteroatoms. The van der Waals surface area contributed by atoms with Gasteiger partial charge < -0.3 is 10.1 Å². The van der Waals surface area contributed by atoms with Crippen molar-refractivity contribution in [2.24, 2.45) is 0 Å². The highest BCUT2D eigenvalue weighted by Gasteiger charge is 2.05. The lowest BCUT2D eigenvalue weighted by atomic mass is 10.2. The van der Waals surface area contributed by atoms with Gasteiger partial charge in [0.15, 0.2) is 11.0 Å². The molecule has 0 saturated carbocycles. The minimum Gasteiger partial charge on any atom is -0.491 e. The van der Waals surface area contributed by atoms with Crippen LogP contribution in [0.25, 0.3) is 11.4 Å². The first-order valence-electron chi connectivity index (χ1n) is 8.46. The van der Waals surface area contributed by atoms with Crippen molar-refractivity contribution in [3.05, 3.63) is 65.2 Å². The molecule has 1 N–H and O–H groups in total. The second kappa shape index (κ2) is 8.15. The first-order valence-corrected chi connectivity index (χ1v) is 8.84. The second-order valence-corrected chi connectivity index (χ2v) is 6.61. The highest BCUT2D eigenvalue weighted by Crippen LogP contribution is 2.21. The van der Waals surface area contributed by atoms with E-state index >= 15 is 0 Å². The average molecular weight is 369 g/mol. The number of benzene rings is 1. The topological polar surface area (TPSA) is 59.9 Å². The van der Waals surface area contributed by atoms with Gasteiger partial charge in [-0.3, -0.25) is 0 Å². The van der Waals surface area contributed by atoms with Gasteiger partial charge in [-0.2, -0.15) is 0 Å². The molecule has 134 valence electrons. The van der Waals surface area contributed by atoms with E-state index in [0.717, 1.165) is 28.3 Å². The molecular formula is C20H21ClN4O. The van der Waals surface area contributed by atoms with Crippen LogP contribution in [0.3, 0.4) is 0 Å². The number of aromatic nitrogens is 3. The molecule has 2 aromatic heterocycles. The van der Waals surface area contributed by atoms with Crippen LogP contribution in [0.2, 0.25) is 5.15 Å². The normalized spacial score (nSPS) is 10.8. The Balaban J connectivity index is 1.64. The zero-order chi connectivity index (χ0) is 18.5. The summed E-state index contributed by atoms with van der Waals surface area (Å²) in [5, 5.41) is 3.71. The fourth-order valence-electron chi connectivity index (χ4n) is 2.40. The van der Waals surface area contributed by atoms with E-state index in [1.54, 1.807) is 0 Å². The van der Waals surface area contributed by atoms with Crippen LogP contribution in [-0.2, 0) is 6.54 Å². The van der Waals surface area contributed by atoms with Gasteiger partial charge in [0.1, 0.15) is 5.75 Å². The third-order valence-electron chi connectivity index (χ3n) is 3.66. The predicted molar refractivity (Wildman–Crippen MR) is 105 cm³/mol. The van der Waals surface area contributed by atoms with Crippen LogP contribution in [0.1, 0.15) is 25.1 Å². The Hall–Kier alpha value is -2.66. The van der Waals surface area contributed by atoms with E-state index in [-0.39, 0.29) is 6.10 Å². The first kappa shape index (κ1) is 18.1. The van der Waals surface area contributed by atoms with Crippen LogP contribution >= 0.6 is 11.6 Å². The van der Waals surface area contributed by atoms with Gasteiger partial charge in [0.2, 0.25) is 0 Å². The molecule has 0 amide bonds. The van der Waals surface area contributed by atoms with E-state index in [1.807, 2.05) is 69.6 Å². The summed E-state index contributed by atoms with van der Waals surface area (Å²) in [6, 6.07) is 11.6. The third-order valence-corrected chi connectivity index (χ3v) is 3.95. The van der Waals surface area contributed by atoms with Crippen LogP contribution < -0.4 is 10.1 Å². The number of rotatable bonds is 6. The maximum Gasteiger partial charge on any atom is 0.159 e. The summed E-state index contributed by atoms with van der Waals surface area (Å²) in [5.74, 6) is 1.52. The monoisotopic (exact) mass is 368 g/mol. The summed E-state index contributed by atoms with van der Waals surface area (Å²) >= 11 is 6.13. The minimum absolute atomic E-state index is 0.154. The third kappa shape index (κ3) is 4.70. The van der Waals surface area contributed by atoms with Gasteiger partial charge >= 0.3 is 0 Å². The molecule has 0 aliphatic heterocycles. The molecular weight excluding hydrogens is 348 g/mol. The van der Waals surface area contributed by atoms with Crippen molar-refractivity contribution in [3.8, 4) is 17.1 Å². The SMILES string of the molecule is Cc1ccc(NCc2cnc(-c3ccc(OC(C)C)cc3)nc2)c(Cl)n1. The van der Waals surface area contributed by atoms with Gasteiger partial charge in [-0.25, -0.2) is 15.0 Å². The number of halogens is 1. The molecule has 3 aromatic rings. The van der Waals surface area contributed by atoms with Crippen molar-refractivity contribution in [3.63, 3.8) is 0 Å². The van der Waals surface area contributed by atoms with Gasteiger partial charge in [0.25, 0.3) is 0 Å². The van der Waals surface area contributed by atoms with E-state index in [1.165, 1.54) is 0 Å². The van der Waals surface area contributed by atoms with E-state index in [4.69, 9.17) is 16.3 Å². The van der Waals surface area contributed by atoms with Crippen LogP contribution in [0, 0.1) is 6.92 Å². The maximum absolute atomic E-state index is 6.13. The van der Waals surface area contributed by atoms with Crippen LogP contribution in [0.5, 0.6) is 5.75 Å². The Morgan fingerprint density at radius 3 is 2.35 bits per heavy atom. The molecule has 0 bridgehead atoms. The molecule has 0 fully saturated rings. The average Bonchev–Trinajstić information content (AvgIpc) is 2.62. The minimum atomic E-state index is 0.154. The molecule has 0 unspecified atom stereocenters. The zero-order valence-corrected chi connectivity index (χ0v) is 15.8. The lowest BCUT2D eigenvalue weighted by Gasteiger charge is -2.10. The van der Waals surface area contributed by atoms with Crippen molar-refractivity contribution in [2.75, 3.05) is 5.32 Å². The van der Waals surface area contributed by atoms with Crippen molar-refractivity contribution in [1.82, 2.24) is 15.0 Å². The van der Waals surface area contributed by atoms with Gasteiger partial charge in [-0.15, -0.1) is 0 Å². The number of hydrogen-bond acceptors (Lipinski definition) is 5. The lowest BCUT2D eigenvalue weighted by Crippen LogP contribution is -2.05. The summed E-state index contributed by atoms with van der Waals surface area (Å²) in [5.41, 5.74) is 3.59. The summed E-state index contributed by atoms with van der Waals surface area (Å²) in [4.78, 5) is 13.1. The molecule has 0 radical (unpaired) electrons. The summed E-state index contributed by atoms with van der Waals surface area (Å²) in [6.45, 7) is 6.49. The Labute approximate surface area is 158 Å². The van der Waals surface area contributed by atoms with Gasteiger partial charge in [0.05, 0.1) is 11.8 Å². The molecule has 5 nitrogen and oxygen atoms in total. The van der Waals surface area contributed by atoms with Gasteiger partial charge in [-0.05, 0) is 57.2 Å². The summed E-state index contributed by atoms with van der Waals surface area (Å²) in [7, 11) is 0. The quantitative estimate of drug-likeness (QED) is 0.627. The first-order chi connectivity index (χ1) is 12.5. The van der Waals surface area contributed by atoms with E-state index < -0.39 is 0 Å². The summed E-state index contributed by atoms with van der Waals surface area (Å²) in [6.07, 6.45) is 3.77. The Morgan fingerprint density at radius 2 is 1.73 bits per heavy atom. The molecule has 26 heavy (non-hydrogen) atoms. The largest absolute Gasteiger partial charge is 0.491 e. The van der Waals surface area contributed by atoms with Crippen molar-refractivity contribution in [2.45, 2.75) is 33.4 Å². The molecule has 0 saturated heterocycles. The van der Waals surface area contributed by atoms with E-state index in [2.05, 4.69) is 20.3 Å². The van der Waals surface area contributed by atoms with Gasteiger partial charge in [0, 0.05) is 35.8 Å². The Kier molecular flexibility index (Phi) is 5.68. The van der Waals surface area contributed by atoms with E-state index in [0.29, 0.717) is 17.5 Å². The van der Waals surface area contributed by atoms with Crippen molar-refractivity contribution < 1.29 is 4.74 Å². The molecule has 3 rings (SSSR count). The number of hydrogen-bond donors (Lipinski definition) is 1. The molecule has 0 spiro atoms. The fourth-order valence-corrected chi connectivity index (χ4v) is 2.67. The molecule has 2 heterocycles. The number of anilines is 1. The van der Waals surface area contributed by atoms with Crippen LogP contribution in [-0.4, -0.2) is 21.1 Å². The van der Waals surface area contributed by atoms with Crippen LogP contribution in [0.15, 0.2) is 48.8 Å². The highest BCUT2D eigenvalue weighted by molar-refractivity contribution is 6.31. The number of nitrogens with one attached hydrogen (secondary N) is 1. The van der Waals surface area contributed by atoms with Crippen LogP contribution in [0.4, 0.5) is 5.69 Å². The smallest absolute Gasteiger partial charge is 0.159 e. The fraction of sp³-hybridized carbons (Fsp3) is 0.250. The maximum atomic E-state index is 6.13. The molecule has 1 aromatic carbocycles. The number of aryl methyl sites for hydroxylation is 1. The standard InChI is InChI=1S/C20H21ClN4O/c1-13(2)26-17-7-5-16(6-8-17)20-23-11-15(12-24-20)10-22-18-9-4-14(3)25-19(18)21/h4-9,11-13,22H,10H2,1-3H3. The number of nitrogens with zero attached hydrogens (tertiary/aromatic N) is 3. The predicted octanol–water partition coefficient (Wildman–Crippen LogP) is 4.90. The highest BCUT2D eigenvalue weighted by atomic mass is 35.5. The van der Waals surface area contributed by atoms with Crippen molar-refractivity contribution >= 4 is 17.3 Å². The molecule has 0 aliphatic rings. The molecule has 0 atom stereocenters. The van der Waals surface area contributed by atoms with Crippen molar-refractivity contribution in [1.29, 1.82) is 0 Å². The second-order valence-electron chi connectivity index (χ2n) is 6.25. The number of ether oxygens (including phenoxy) is 1. The van der Waals surface area contributed by atoms with E-state index in [9.17, 15) is 0 Å². The Bertz CT molecular complexity index is 864. The molecule has 0 aliphatic carbocycles.